The van der Waals surface area contributed by atoms with E-state index in [2.05, 4.69) is 15.4 Å². The number of amidine groups is 1. The molecular formula is C17H22ClN7O. The lowest BCUT2D eigenvalue weighted by atomic mass is 10.1. The zero-order valence-corrected chi connectivity index (χ0v) is 15.5. The summed E-state index contributed by atoms with van der Waals surface area (Å²) in [5.74, 6) is -0.271. The fourth-order valence-electron chi connectivity index (χ4n) is 2.67. The maximum Gasteiger partial charge on any atom is 0.225 e. The number of rotatable bonds is 5. The molecule has 138 valence electrons. The Morgan fingerprint density at radius 2 is 2.04 bits per heavy atom. The van der Waals surface area contributed by atoms with E-state index in [1.165, 1.54) is 0 Å². The SMILES string of the molecule is CC(C)C(=O)N1CCN(c2ccc(Cl)cc2N/N=C(\C#N)C(=N)N)CC1. The van der Waals surface area contributed by atoms with E-state index in [1.54, 1.807) is 18.2 Å². The first-order chi connectivity index (χ1) is 12.3. The quantitative estimate of drug-likeness (QED) is 0.412. The number of hydrazone groups is 1. The smallest absolute Gasteiger partial charge is 0.225 e. The summed E-state index contributed by atoms with van der Waals surface area (Å²) >= 11 is 6.08. The van der Waals surface area contributed by atoms with Gasteiger partial charge in [-0.2, -0.15) is 10.4 Å². The molecule has 1 saturated heterocycles. The van der Waals surface area contributed by atoms with Crippen LogP contribution in [0.3, 0.4) is 0 Å². The van der Waals surface area contributed by atoms with Gasteiger partial charge in [-0.25, -0.2) is 0 Å². The molecule has 1 amide bonds. The topological polar surface area (TPSA) is 122 Å². The van der Waals surface area contributed by atoms with Crippen LogP contribution in [0.4, 0.5) is 11.4 Å². The first kappa shape index (κ1) is 19.5. The average Bonchev–Trinajstić information content (AvgIpc) is 2.61. The first-order valence-corrected chi connectivity index (χ1v) is 8.62. The minimum absolute atomic E-state index is 0.0142. The lowest BCUT2D eigenvalue weighted by molar-refractivity contribution is -0.134. The van der Waals surface area contributed by atoms with E-state index in [0.717, 1.165) is 5.69 Å². The minimum Gasteiger partial charge on any atom is -0.382 e. The van der Waals surface area contributed by atoms with Crippen molar-refractivity contribution in [2.45, 2.75) is 13.8 Å². The van der Waals surface area contributed by atoms with Gasteiger partial charge < -0.3 is 15.5 Å². The number of hydrogen-bond acceptors (Lipinski definition) is 6. The highest BCUT2D eigenvalue weighted by molar-refractivity contribution is 6.45. The second-order valence-corrected chi connectivity index (χ2v) is 6.66. The Morgan fingerprint density at radius 3 is 2.58 bits per heavy atom. The summed E-state index contributed by atoms with van der Waals surface area (Å²) in [7, 11) is 0. The molecule has 1 aliphatic rings. The molecule has 0 atom stereocenters. The van der Waals surface area contributed by atoms with Gasteiger partial charge in [0.05, 0.1) is 11.4 Å². The van der Waals surface area contributed by atoms with Crippen LogP contribution in [-0.4, -0.2) is 48.5 Å². The van der Waals surface area contributed by atoms with Crippen molar-refractivity contribution in [2.24, 2.45) is 16.8 Å². The molecule has 1 aliphatic heterocycles. The van der Waals surface area contributed by atoms with E-state index in [4.69, 9.17) is 28.0 Å². The summed E-state index contributed by atoms with van der Waals surface area (Å²) in [5, 5.41) is 20.7. The van der Waals surface area contributed by atoms with E-state index < -0.39 is 5.84 Å². The lowest BCUT2D eigenvalue weighted by Gasteiger charge is -2.37. The van der Waals surface area contributed by atoms with Crippen molar-refractivity contribution in [2.75, 3.05) is 36.5 Å². The third kappa shape index (κ3) is 4.64. The van der Waals surface area contributed by atoms with Gasteiger partial charge in [-0.3, -0.25) is 15.6 Å². The van der Waals surface area contributed by atoms with Gasteiger partial charge in [0, 0.05) is 37.1 Å². The van der Waals surface area contributed by atoms with Crippen molar-refractivity contribution < 1.29 is 4.79 Å². The van der Waals surface area contributed by atoms with Gasteiger partial charge in [0.2, 0.25) is 11.6 Å². The number of halogens is 1. The number of piperazine rings is 1. The van der Waals surface area contributed by atoms with E-state index in [9.17, 15) is 4.79 Å². The van der Waals surface area contributed by atoms with E-state index >= 15 is 0 Å². The molecule has 26 heavy (non-hydrogen) atoms. The number of benzene rings is 1. The van der Waals surface area contributed by atoms with Crippen molar-refractivity contribution in [1.29, 1.82) is 10.7 Å². The molecule has 1 aromatic rings. The largest absolute Gasteiger partial charge is 0.382 e. The standard InChI is InChI=1S/C17H22ClN7O/c1-11(2)17(26)25-7-5-24(6-8-25)15-4-3-12(18)9-13(15)22-23-14(10-19)16(20)21/h3-4,9,11,22H,5-8H2,1-2H3,(H3,20,21)/b23-14+. The number of nitrogens with zero attached hydrogens (tertiary/aromatic N) is 4. The Balaban J connectivity index is 2.17. The summed E-state index contributed by atoms with van der Waals surface area (Å²) in [4.78, 5) is 16.1. The molecular weight excluding hydrogens is 354 g/mol. The van der Waals surface area contributed by atoms with Gasteiger partial charge in [-0.15, -0.1) is 0 Å². The second-order valence-electron chi connectivity index (χ2n) is 6.23. The number of anilines is 2. The van der Waals surface area contributed by atoms with Crippen molar-refractivity contribution in [3.63, 3.8) is 0 Å². The van der Waals surface area contributed by atoms with Gasteiger partial charge in [0.1, 0.15) is 6.07 Å². The van der Waals surface area contributed by atoms with Crippen molar-refractivity contribution in [1.82, 2.24) is 4.90 Å². The van der Waals surface area contributed by atoms with Gasteiger partial charge in [-0.05, 0) is 18.2 Å². The number of hydrogen-bond donors (Lipinski definition) is 3. The summed E-state index contributed by atoms with van der Waals surface area (Å²) in [5.41, 5.74) is 9.34. The second kappa shape index (κ2) is 8.54. The number of nitrogens with two attached hydrogens (primary N) is 1. The van der Waals surface area contributed by atoms with E-state index in [-0.39, 0.29) is 17.5 Å². The van der Waals surface area contributed by atoms with Crippen LogP contribution in [0.1, 0.15) is 13.8 Å². The Hall–Kier alpha value is -2.79. The number of nitriles is 1. The molecule has 1 aromatic carbocycles. The molecule has 9 heteroatoms. The van der Waals surface area contributed by atoms with Gasteiger partial charge in [0.25, 0.3) is 0 Å². The Labute approximate surface area is 157 Å². The molecule has 0 aliphatic carbocycles. The van der Waals surface area contributed by atoms with Crippen LogP contribution in [-0.2, 0) is 4.79 Å². The Kier molecular flexibility index (Phi) is 6.41. The maximum absolute atomic E-state index is 12.1. The summed E-state index contributed by atoms with van der Waals surface area (Å²) in [6.45, 7) is 6.43. The molecule has 0 aromatic heterocycles. The van der Waals surface area contributed by atoms with Crippen LogP contribution in [0.5, 0.6) is 0 Å². The van der Waals surface area contributed by atoms with E-state index in [0.29, 0.717) is 36.9 Å². The summed E-state index contributed by atoms with van der Waals surface area (Å²) in [6, 6.07) is 7.09. The highest BCUT2D eigenvalue weighted by Crippen LogP contribution is 2.30. The Bertz CT molecular complexity index is 761. The molecule has 0 bridgehead atoms. The zero-order chi connectivity index (χ0) is 19.3. The van der Waals surface area contributed by atoms with Gasteiger partial charge in [0.15, 0.2) is 5.84 Å². The number of carbonyl (C=O) groups is 1. The molecule has 1 heterocycles. The molecule has 0 radical (unpaired) electrons. The van der Waals surface area contributed by atoms with Crippen molar-refractivity contribution in [3.8, 4) is 6.07 Å². The molecule has 2 rings (SSSR count). The zero-order valence-electron chi connectivity index (χ0n) is 14.8. The molecule has 0 spiro atoms. The van der Waals surface area contributed by atoms with Crippen molar-refractivity contribution >= 4 is 40.4 Å². The van der Waals surface area contributed by atoms with Crippen molar-refractivity contribution in [3.05, 3.63) is 23.2 Å². The van der Waals surface area contributed by atoms with Crippen LogP contribution < -0.4 is 16.1 Å². The predicted octanol–water partition coefficient (Wildman–Crippen LogP) is 1.87. The maximum atomic E-state index is 12.1. The molecule has 1 fully saturated rings. The number of nitrogens with one attached hydrogen (secondary N) is 2. The lowest BCUT2D eigenvalue weighted by Crippen LogP contribution is -2.50. The molecule has 8 nitrogen and oxygen atoms in total. The minimum atomic E-state index is -0.413. The molecule has 0 saturated carbocycles. The number of carbonyl (C=O) groups excluding carboxylic acids is 1. The summed E-state index contributed by atoms with van der Waals surface area (Å²) in [6.07, 6.45) is 0. The fraction of sp³-hybridized carbons (Fsp3) is 0.412. The molecule has 0 unspecified atom stereocenters. The van der Waals surface area contributed by atoms with Crippen LogP contribution >= 0.6 is 11.6 Å². The monoisotopic (exact) mass is 375 g/mol. The molecule has 4 N–H and O–H groups in total. The predicted molar refractivity (Wildman–Crippen MR) is 104 cm³/mol. The highest BCUT2D eigenvalue weighted by atomic mass is 35.5. The third-order valence-electron chi connectivity index (χ3n) is 4.03. The van der Waals surface area contributed by atoms with E-state index in [1.807, 2.05) is 24.8 Å². The van der Waals surface area contributed by atoms with Crippen LogP contribution in [0.25, 0.3) is 0 Å². The Morgan fingerprint density at radius 1 is 1.38 bits per heavy atom. The average molecular weight is 376 g/mol. The van der Waals surface area contributed by atoms with Crippen LogP contribution in [0.15, 0.2) is 23.3 Å². The number of amides is 1. The van der Waals surface area contributed by atoms with Gasteiger partial charge >= 0.3 is 0 Å². The van der Waals surface area contributed by atoms with Crippen LogP contribution in [0.2, 0.25) is 5.02 Å². The van der Waals surface area contributed by atoms with Gasteiger partial charge in [-0.1, -0.05) is 25.4 Å². The first-order valence-electron chi connectivity index (χ1n) is 8.25. The fourth-order valence-corrected chi connectivity index (χ4v) is 2.84. The normalized spacial score (nSPS) is 15.0. The summed E-state index contributed by atoms with van der Waals surface area (Å²) < 4.78 is 0. The van der Waals surface area contributed by atoms with Crippen LogP contribution in [0, 0.1) is 22.7 Å². The third-order valence-corrected chi connectivity index (χ3v) is 4.27. The highest BCUT2D eigenvalue weighted by Gasteiger charge is 2.24.